The molecule has 1 heterocycles. The third kappa shape index (κ3) is 4.24. The lowest BCUT2D eigenvalue weighted by molar-refractivity contribution is -0.144. The van der Waals surface area contributed by atoms with E-state index in [9.17, 15) is 9.90 Å². The summed E-state index contributed by atoms with van der Waals surface area (Å²) in [7, 11) is 0. The molecule has 2 fully saturated rings. The van der Waals surface area contributed by atoms with Crippen LogP contribution in [0.15, 0.2) is 36.5 Å². The van der Waals surface area contributed by atoms with Crippen LogP contribution >= 0.6 is 0 Å². The third-order valence-corrected chi connectivity index (χ3v) is 5.99. The maximum atomic E-state index is 12.5. The molecule has 0 aliphatic heterocycles. The Morgan fingerprint density at radius 3 is 2.67 bits per heavy atom. The Bertz CT molecular complexity index is 793. The van der Waals surface area contributed by atoms with Crippen molar-refractivity contribution in [3.05, 3.63) is 36.5 Å². The van der Waals surface area contributed by atoms with E-state index in [1.54, 1.807) is 6.20 Å². The molecule has 0 spiro atoms. The predicted octanol–water partition coefficient (Wildman–Crippen LogP) is 3.74. The quantitative estimate of drug-likeness (QED) is 0.862. The van der Waals surface area contributed by atoms with Gasteiger partial charge in [0.25, 0.3) is 5.91 Å². The maximum absolute atomic E-state index is 12.5. The van der Waals surface area contributed by atoms with E-state index in [0.717, 1.165) is 61.6 Å². The molecule has 2 N–H and O–H groups in total. The number of pyridine rings is 1. The zero-order valence-corrected chi connectivity index (χ0v) is 15.7. The Kier molecular flexibility index (Phi) is 5.30. The Balaban J connectivity index is 1.29. The van der Waals surface area contributed by atoms with Gasteiger partial charge in [0.05, 0.1) is 11.6 Å². The summed E-state index contributed by atoms with van der Waals surface area (Å²) in [5, 5.41) is 14.7. The Hall–Kier alpha value is -2.14. The van der Waals surface area contributed by atoms with Crippen LogP contribution in [0.4, 0.5) is 0 Å². The van der Waals surface area contributed by atoms with Gasteiger partial charge in [0.1, 0.15) is 11.4 Å². The molecule has 2 aromatic rings. The van der Waals surface area contributed by atoms with E-state index in [-0.39, 0.29) is 18.1 Å². The van der Waals surface area contributed by atoms with Crippen molar-refractivity contribution >= 4 is 16.8 Å². The number of benzene rings is 1. The average Bonchev–Trinajstić information content (AvgIpc) is 2.70. The van der Waals surface area contributed by atoms with Crippen LogP contribution in [0.2, 0.25) is 0 Å². The first-order valence-corrected chi connectivity index (χ1v) is 10.2. The highest BCUT2D eigenvalue weighted by molar-refractivity contribution is 5.85. The lowest BCUT2D eigenvalue weighted by Crippen LogP contribution is -2.52. The van der Waals surface area contributed by atoms with Crippen molar-refractivity contribution in [1.82, 2.24) is 10.3 Å². The van der Waals surface area contributed by atoms with Gasteiger partial charge in [-0.05, 0) is 62.8 Å². The molecule has 144 valence electrons. The van der Waals surface area contributed by atoms with Crippen molar-refractivity contribution in [3.63, 3.8) is 0 Å². The zero-order valence-electron chi connectivity index (χ0n) is 15.7. The summed E-state index contributed by atoms with van der Waals surface area (Å²) in [5.74, 6) is 0.702. The van der Waals surface area contributed by atoms with Gasteiger partial charge < -0.3 is 15.2 Å². The van der Waals surface area contributed by atoms with Gasteiger partial charge in [0, 0.05) is 17.6 Å². The number of nitrogens with one attached hydrogen (secondary N) is 1. The molecular formula is C22H28N2O3. The van der Waals surface area contributed by atoms with Crippen LogP contribution in [0, 0.1) is 0 Å². The van der Waals surface area contributed by atoms with E-state index >= 15 is 0 Å². The second-order valence-electron chi connectivity index (χ2n) is 8.02. The van der Waals surface area contributed by atoms with Gasteiger partial charge >= 0.3 is 0 Å². The number of hydrogen-bond acceptors (Lipinski definition) is 4. The van der Waals surface area contributed by atoms with Gasteiger partial charge in [0.2, 0.25) is 0 Å². The predicted molar refractivity (Wildman–Crippen MR) is 105 cm³/mol. The second-order valence-corrected chi connectivity index (χ2v) is 8.02. The van der Waals surface area contributed by atoms with E-state index < -0.39 is 5.60 Å². The molecule has 0 bridgehead atoms. The van der Waals surface area contributed by atoms with Crippen molar-refractivity contribution in [2.75, 3.05) is 0 Å². The molecule has 5 nitrogen and oxygen atoms in total. The van der Waals surface area contributed by atoms with Gasteiger partial charge in [-0.15, -0.1) is 0 Å². The number of hydrogen-bond donors (Lipinski definition) is 2. The molecule has 1 aromatic carbocycles. The first-order chi connectivity index (χ1) is 13.1. The molecule has 0 unspecified atom stereocenters. The number of rotatable bonds is 4. The standard InChI is InChI=1S/C22H28N2O3/c25-21(22(26)12-2-1-3-13-22)24-17-6-8-18(9-7-17)27-19-10-11-20-16(15-19)5-4-14-23-20/h4-5,10-11,14-15,17-18,26H,1-3,6-9,12-13H2,(H,24,25). The van der Waals surface area contributed by atoms with E-state index in [1.807, 2.05) is 30.3 Å². The minimum atomic E-state index is -1.15. The number of fused-ring (bicyclic) bond motifs is 1. The number of ether oxygens (including phenoxy) is 1. The van der Waals surface area contributed by atoms with Crippen molar-refractivity contribution in [1.29, 1.82) is 0 Å². The smallest absolute Gasteiger partial charge is 0.252 e. The van der Waals surface area contributed by atoms with E-state index in [2.05, 4.69) is 10.3 Å². The van der Waals surface area contributed by atoms with Crippen molar-refractivity contribution in [2.24, 2.45) is 0 Å². The molecule has 27 heavy (non-hydrogen) atoms. The number of nitrogens with zero attached hydrogens (tertiary/aromatic N) is 1. The van der Waals surface area contributed by atoms with Gasteiger partial charge in [-0.3, -0.25) is 9.78 Å². The Morgan fingerprint density at radius 1 is 1.11 bits per heavy atom. The fourth-order valence-electron chi connectivity index (χ4n) is 4.33. The third-order valence-electron chi connectivity index (χ3n) is 5.99. The maximum Gasteiger partial charge on any atom is 0.252 e. The van der Waals surface area contributed by atoms with Crippen LogP contribution in [0.25, 0.3) is 10.9 Å². The summed E-state index contributed by atoms with van der Waals surface area (Å²) in [5.41, 5.74) is -0.179. The van der Waals surface area contributed by atoms with Gasteiger partial charge in [-0.25, -0.2) is 0 Å². The number of aliphatic hydroxyl groups is 1. The Morgan fingerprint density at radius 2 is 1.89 bits per heavy atom. The highest BCUT2D eigenvalue weighted by Crippen LogP contribution is 2.30. The summed E-state index contributed by atoms with van der Waals surface area (Å²) in [6.45, 7) is 0. The molecule has 5 heteroatoms. The van der Waals surface area contributed by atoms with Crippen LogP contribution < -0.4 is 10.1 Å². The Labute approximate surface area is 160 Å². The molecule has 2 aliphatic rings. The van der Waals surface area contributed by atoms with E-state index in [1.165, 1.54) is 0 Å². The molecule has 0 saturated heterocycles. The minimum Gasteiger partial charge on any atom is -0.490 e. The van der Waals surface area contributed by atoms with Crippen molar-refractivity contribution in [3.8, 4) is 5.75 Å². The lowest BCUT2D eigenvalue weighted by atomic mass is 9.83. The topological polar surface area (TPSA) is 71.5 Å². The molecule has 2 saturated carbocycles. The molecule has 0 radical (unpaired) electrons. The molecule has 2 aliphatic carbocycles. The second kappa shape index (κ2) is 7.85. The largest absolute Gasteiger partial charge is 0.490 e. The summed E-state index contributed by atoms with van der Waals surface area (Å²) in [6.07, 6.45) is 9.74. The van der Waals surface area contributed by atoms with Crippen LogP contribution in [0.5, 0.6) is 5.75 Å². The SMILES string of the molecule is O=C(NC1CCC(Oc2ccc3ncccc3c2)CC1)C1(O)CCCCC1. The van der Waals surface area contributed by atoms with E-state index in [4.69, 9.17) is 4.74 Å². The first kappa shape index (κ1) is 18.2. The summed E-state index contributed by atoms with van der Waals surface area (Å²) in [4.78, 5) is 16.8. The van der Waals surface area contributed by atoms with E-state index in [0.29, 0.717) is 12.8 Å². The molecule has 1 aromatic heterocycles. The monoisotopic (exact) mass is 368 g/mol. The van der Waals surface area contributed by atoms with Crippen LogP contribution in [-0.4, -0.2) is 33.7 Å². The molecular weight excluding hydrogens is 340 g/mol. The van der Waals surface area contributed by atoms with Crippen LogP contribution in [-0.2, 0) is 4.79 Å². The van der Waals surface area contributed by atoms with Crippen LogP contribution in [0.1, 0.15) is 57.8 Å². The summed E-state index contributed by atoms with van der Waals surface area (Å²) in [6, 6.07) is 10.1. The van der Waals surface area contributed by atoms with Crippen molar-refractivity contribution in [2.45, 2.75) is 75.5 Å². The van der Waals surface area contributed by atoms with Crippen LogP contribution in [0.3, 0.4) is 0 Å². The molecule has 4 rings (SSSR count). The molecule has 1 amide bonds. The number of aromatic nitrogens is 1. The highest BCUT2D eigenvalue weighted by Gasteiger charge is 2.38. The number of carbonyl (C=O) groups is 1. The summed E-state index contributed by atoms with van der Waals surface area (Å²) >= 11 is 0. The fourth-order valence-corrected chi connectivity index (χ4v) is 4.33. The number of carbonyl (C=O) groups excluding carboxylic acids is 1. The summed E-state index contributed by atoms with van der Waals surface area (Å²) < 4.78 is 6.16. The lowest BCUT2D eigenvalue weighted by Gasteiger charge is -2.34. The molecule has 0 atom stereocenters. The van der Waals surface area contributed by atoms with Crippen molar-refractivity contribution < 1.29 is 14.6 Å². The van der Waals surface area contributed by atoms with Gasteiger partial charge in [-0.1, -0.05) is 25.3 Å². The van der Waals surface area contributed by atoms with Gasteiger partial charge in [-0.2, -0.15) is 0 Å². The average molecular weight is 368 g/mol. The fraction of sp³-hybridized carbons (Fsp3) is 0.545. The first-order valence-electron chi connectivity index (χ1n) is 10.2. The zero-order chi connectivity index (χ0) is 18.7. The minimum absolute atomic E-state index is 0.143. The van der Waals surface area contributed by atoms with Gasteiger partial charge in [0.15, 0.2) is 0 Å². The highest BCUT2D eigenvalue weighted by atomic mass is 16.5. The normalized spacial score (nSPS) is 25.1. The number of amides is 1.